The molecule has 0 aromatic heterocycles. The number of ether oxygens (including phenoxy) is 1. The molecule has 0 aliphatic carbocycles. The van der Waals surface area contributed by atoms with Gasteiger partial charge in [0.2, 0.25) is 0 Å². The molecule has 2 aromatic rings. The molecule has 0 saturated carbocycles. The van der Waals surface area contributed by atoms with Crippen LogP contribution in [0, 0.1) is 0 Å². The second kappa shape index (κ2) is 7.04. The zero-order chi connectivity index (χ0) is 15.2. The van der Waals surface area contributed by atoms with Crippen molar-refractivity contribution in [1.29, 1.82) is 0 Å². The van der Waals surface area contributed by atoms with Crippen LogP contribution in [0.3, 0.4) is 0 Å². The van der Waals surface area contributed by atoms with E-state index >= 15 is 0 Å². The number of methoxy groups -OCH3 is 1. The van der Waals surface area contributed by atoms with Gasteiger partial charge in [0.25, 0.3) is 5.91 Å². The Balaban J connectivity index is 2.09. The monoisotopic (exact) mass is 346 g/mol. The first-order valence-electron chi connectivity index (χ1n) is 6.35. The van der Waals surface area contributed by atoms with Gasteiger partial charge in [-0.1, -0.05) is 34.1 Å². The number of rotatable bonds is 4. The third-order valence-corrected chi connectivity index (χ3v) is 3.63. The van der Waals surface area contributed by atoms with Crippen molar-refractivity contribution in [2.24, 2.45) is 5.10 Å². The Labute approximate surface area is 132 Å². The summed E-state index contributed by atoms with van der Waals surface area (Å²) in [5.41, 5.74) is 4.74. The van der Waals surface area contributed by atoms with Gasteiger partial charge < -0.3 is 4.74 Å². The zero-order valence-electron chi connectivity index (χ0n) is 11.8. The van der Waals surface area contributed by atoms with Crippen molar-refractivity contribution >= 4 is 27.5 Å². The van der Waals surface area contributed by atoms with E-state index in [0.717, 1.165) is 15.7 Å². The number of carbonyl (C=O) groups excluding carboxylic acids is 1. The molecule has 0 aliphatic heterocycles. The summed E-state index contributed by atoms with van der Waals surface area (Å²) < 4.78 is 5.99. The van der Waals surface area contributed by atoms with Gasteiger partial charge in [-0.25, -0.2) is 5.43 Å². The zero-order valence-corrected chi connectivity index (χ0v) is 13.3. The van der Waals surface area contributed by atoms with Crippen LogP contribution in [0.25, 0.3) is 0 Å². The largest absolute Gasteiger partial charge is 0.497 e. The smallest absolute Gasteiger partial charge is 0.271 e. The molecule has 0 fully saturated rings. The Bertz CT molecular complexity index is 666. The molecule has 2 aromatic carbocycles. The minimum absolute atomic E-state index is 0.260. The van der Waals surface area contributed by atoms with E-state index in [1.54, 1.807) is 31.4 Å². The number of carbonyl (C=O) groups is 1. The van der Waals surface area contributed by atoms with Crippen LogP contribution in [0.1, 0.15) is 22.8 Å². The van der Waals surface area contributed by atoms with Crippen LogP contribution in [0.5, 0.6) is 5.75 Å². The quantitative estimate of drug-likeness (QED) is 0.679. The number of nitrogens with zero attached hydrogens (tertiary/aromatic N) is 1. The van der Waals surface area contributed by atoms with Gasteiger partial charge in [-0.3, -0.25) is 4.79 Å². The molecule has 0 unspecified atom stereocenters. The topological polar surface area (TPSA) is 50.7 Å². The van der Waals surface area contributed by atoms with Crippen LogP contribution in [0.15, 0.2) is 58.1 Å². The molecule has 0 heterocycles. The SMILES string of the molecule is COc1ccc(C(=O)N/N=C(/C)c2ccccc2Br)cc1. The Morgan fingerprint density at radius 3 is 2.43 bits per heavy atom. The molecule has 0 aliphatic rings. The van der Waals surface area contributed by atoms with Crippen molar-refractivity contribution in [3.05, 3.63) is 64.1 Å². The Morgan fingerprint density at radius 2 is 1.81 bits per heavy atom. The molecule has 2 rings (SSSR count). The predicted octanol–water partition coefficient (Wildman–Crippen LogP) is 3.61. The molecular formula is C16H15BrN2O2. The highest BCUT2D eigenvalue weighted by Crippen LogP contribution is 2.16. The first-order chi connectivity index (χ1) is 10.1. The van der Waals surface area contributed by atoms with Gasteiger partial charge in [-0.05, 0) is 37.3 Å². The summed E-state index contributed by atoms with van der Waals surface area (Å²) >= 11 is 3.46. The molecular weight excluding hydrogens is 332 g/mol. The number of amides is 1. The third kappa shape index (κ3) is 3.92. The molecule has 21 heavy (non-hydrogen) atoms. The van der Waals surface area contributed by atoms with Gasteiger partial charge >= 0.3 is 0 Å². The van der Waals surface area contributed by atoms with Crippen LogP contribution in [-0.2, 0) is 0 Å². The van der Waals surface area contributed by atoms with E-state index in [4.69, 9.17) is 4.74 Å². The summed E-state index contributed by atoms with van der Waals surface area (Å²) in [4.78, 5) is 12.0. The summed E-state index contributed by atoms with van der Waals surface area (Å²) in [5, 5.41) is 4.13. The average Bonchev–Trinajstić information content (AvgIpc) is 2.52. The molecule has 1 N–H and O–H groups in total. The summed E-state index contributed by atoms with van der Waals surface area (Å²) in [6, 6.07) is 14.6. The van der Waals surface area contributed by atoms with Crippen LogP contribution < -0.4 is 10.2 Å². The Morgan fingerprint density at radius 1 is 1.14 bits per heavy atom. The Hall–Kier alpha value is -2.14. The maximum atomic E-state index is 12.0. The number of benzene rings is 2. The number of hydrazone groups is 1. The highest BCUT2D eigenvalue weighted by molar-refractivity contribution is 9.10. The highest BCUT2D eigenvalue weighted by Gasteiger charge is 2.06. The van der Waals surface area contributed by atoms with E-state index in [1.807, 2.05) is 31.2 Å². The fourth-order valence-electron chi connectivity index (χ4n) is 1.76. The maximum absolute atomic E-state index is 12.0. The normalized spacial score (nSPS) is 11.1. The lowest BCUT2D eigenvalue weighted by Crippen LogP contribution is -2.19. The van der Waals surface area contributed by atoms with Crippen LogP contribution in [0.4, 0.5) is 0 Å². The summed E-state index contributed by atoms with van der Waals surface area (Å²) in [6.45, 7) is 1.84. The molecule has 0 bridgehead atoms. The fourth-order valence-corrected chi connectivity index (χ4v) is 2.33. The van der Waals surface area contributed by atoms with Crippen LogP contribution in [-0.4, -0.2) is 18.7 Å². The van der Waals surface area contributed by atoms with E-state index < -0.39 is 0 Å². The van der Waals surface area contributed by atoms with Gasteiger partial charge in [0, 0.05) is 15.6 Å². The van der Waals surface area contributed by atoms with Crippen molar-refractivity contribution in [2.45, 2.75) is 6.92 Å². The van der Waals surface area contributed by atoms with E-state index in [1.165, 1.54) is 0 Å². The molecule has 0 atom stereocenters. The molecule has 108 valence electrons. The summed E-state index contributed by atoms with van der Waals surface area (Å²) in [6.07, 6.45) is 0. The van der Waals surface area contributed by atoms with E-state index in [-0.39, 0.29) is 5.91 Å². The van der Waals surface area contributed by atoms with Crippen molar-refractivity contribution in [2.75, 3.05) is 7.11 Å². The lowest BCUT2D eigenvalue weighted by atomic mass is 10.1. The fraction of sp³-hybridized carbons (Fsp3) is 0.125. The predicted molar refractivity (Wildman–Crippen MR) is 86.8 cm³/mol. The minimum Gasteiger partial charge on any atom is -0.497 e. The minimum atomic E-state index is -0.260. The van der Waals surface area contributed by atoms with Gasteiger partial charge in [-0.2, -0.15) is 5.10 Å². The van der Waals surface area contributed by atoms with Crippen molar-refractivity contribution in [3.8, 4) is 5.75 Å². The molecule has 0 radical (unpaired) electrons. The van der Waals surface area contributed by atoms with Gasteiger partial charge in [0.15, 0.2) is 0 Å². The Kier molecular flexibility index (Phi) is 5.11. The number of nitrogens with one attached hydrogen (secondary N) is 1. The van der Waals surface area contributed by atoms with Crippen molar-refractivity contribution in [3.63, 3.8) is 0 Å². The number of hydrogen-bond acceptors (Lipinski definition) is 3. The molecule has 4 nitrogen and oxygen atoms in total. The van der Waals surface area contributed by atoms with Crippen LogP contribution in [0.2, 0.25) is 0 Å². The molecule has 1 amide bonds. The lowest BCUT2D eigenvalue weighted by Gasteiger charge is -2.05. The standard InChI is InChI=1S/C16H15BrN2O2/c1-11(14-5-3-4-6-15(14)17)18-19-16(20)12-7-9-13(21-2)10-8-12/h3-10H,1-2H3,(H,19,20)/b18-11-. The summed E-state index contributed by atoms with van der Waals surface area (Å²) in [5.74, 6) is 0.448. The van der Waals surface area contributed by atoms with Gasteiger partial charge in [-0.15, -0.1) is 0 Å². The van der Waals surface area contributed by atoms with Gasteiger partial charge in [0.1, 0.15) is 5.75 Å². The summed E-state index contributed by atoms with van der Waals surface area (Å²) in [7, 11) is 1.58. The first-order valence-corrected chi connectivity index (χ1v) is 7.14. The van der Waals surface area contributed by atoms with E-state index in [0.29, 0.717) is 11.3 Å². The van der Waals surface area contributed by atoms with Crippen LogP contribution >= 0.6 is 15.9 Å². The lowest BCUT2D eigenvalue weighted by molar-refractivity contribution is 0.0955. The third-order valence-electron chi connectivity index (χ3n) is 2.94. The van der Waals surface area contributed by atoms with Crippen molar-refractivity contribution in [1.82, 2.24) is 5.43 Å². The molecule has 5 heteroatoms. The van der Waals surface area contributed by atoms with Gasteiger partial charge in [0.05, 0.1) is 12.8 Å². The average molecular weight is 347 g/mol. The number of halogens is 1. The van der Waals surface area contributed by atoms with E-state index in [2.05, 4.69) is 26.5 Å². The molecule has 0 saturated heterocycles. The first kappa shape index (κ1) is 15.3. The molecule has 0 spiro atoms. The second-order valence-electron chi connectivity index (χ2n) is 4.35. The maximum Gasteiger partial charge on any atom is 0.271 e. The van der Waals surface area contributed by atoms with Crippen molar-refractivity contribution < 1.29 is 9.53 Å². The number of hydrogen-bond donors (Lipinski definition) is 1. The highest BCUT2D eigenvalue weighted by atomic mass is 79.9. The second-order valence-corrected chi connectivity index (χ2v) is 5.20. The van der Waals surface area contributed by atoms with E-state index in [9.17, 15) is 4.79 Å².